The Kier molecular flexibility index (Phi) is 3.71. The maximum Gasteiger partial charge on any atom is 0.0156 e. The molecule has 0 heteroatoms. The molecule has 1 aliphatic rings. The zero-order valence-electron chi connectivity index (χ0n) is 11.2. The number of rotatable bonds is 3. The fourth-order valence-corrected chi connectivity index (χ4v) is 3.29. The predicted octanol–water partition coefficient (Wildman–Crippen LogP) is 5.10. The van der Waals surface area contributed by atoms with Gasteiger partial charge in [0, 0.05) is 5.41 Å². The molecule has 0 aromatic heterocycles. The van der Waals surface area contributed by atoms with Gasteiger partial charge >= 0.3 is 0 Å². The van der Waals surface area contributed by atoms with Gasteiger partial charge < -0.3 is 0 Å². The topological polar surface area (TPSA) is 0 Å². The monoisotopic (exact) mass is 228 g/mol. The maximum absolute atomic E-state index is 4.28. The smallest absolute Gasteiger partial charge is 0.0156 e. The van der Waals surface area contributed by atoms with Gasteiger partial charge in [0.25, 0.3) is 0 Å². The van der Waals surface area contributed by atoms with Crippen molar-refractivity contribution < 1.29 is 0 Å². The van der Waals surface area contributed by atoms with E-state index < -0.39 is 0 Å². The summed E-state index contributed by atoms with van der Waals surface area (Å²) in [4.78, 5) is 0. The molecule has 0 amide bonds. The largest absolute Gasteiger partial charge is 0.0992 e. The highest BCUT2D eigenvalue weighted by atomic mass is 14.4. The minimum Gasteiger partial charge on any atom is -0.0992 e. The van der Waals surface area contributed by atoms with Gasteiger partial charge in [-0.3, -0.25) is 0 Å². The van der Waals surface area contributed by atoms with Crippen LogP contribution < -0.4 is 0 Å². The van der Waals surface area contributed by atoms with E-state index in [-0.39, 0.29) is 5.41 Å². The van der Waals surface area contributed by atoms with E-state index >= 15 is 0 Å². The zero-order chi connectivity index (χ0) is 12.3. The van der Waals surface area contributed by atoms with Crippen molar-refractivity contribution in [3.63, 3.8) is 0 Å². The Morgan fingerprint density at radius 1 is 1.12 bits per heavy atom. The van der Waals surface area contributed by atoms with Crippen LogP contribution in [0.4, 0.5) is 0 Å². The van der Waals surface area contributed by atoms with Gasteiger partial charge in [0.05, 0.1) is 0 Å². The first-order valence-corrected chi connectivity index (χ1v) is 6.87. The van der Waals surface area contributed by atoms with Crippen LogP contribution in [0.2, 0.25) is 0 Å². The molecule has 0 radical (unpaired) electrons. The third-order valence-corrected chi connectivity index (χ3v) is 4.68. The lowest BCUT2D eigenvalue weighted by atomic mass is 9.63. The molecule has 1 aromatic rings. The van der Waals surface area contributed by atoms with Crippen LogP contribution in [0.25, 0.3) is 0 Å². The van der Waals surface area contributed by atoms with E-state index in [0.717, 1.165) is 5.92 Å². The van der Waals surface area contributed by atoms with Crippen LogP contribution >= 0.6 is 0 Å². The van der Waals surface area contributed by atoms with E-state index in [1.807, 2.05) is 0 Å². The van der Waals surface area contributed by atoms with Crippen molar-refractivity contribution in [2.75, 3.05) is 0 Å². The first kappa shape index (κ1) is 12.4. The summed E-state index contributed by atoms with van der Waals surface area (Å²) in [5.74, 6) is 0.774. The van der Waals surface area contributed by atoms with Gasteiger partial charge in [-0.05, 0) is 31.2 Å². The Labute approximate surface area is 106 Å². The Hall–Kier alpha value is -1.04. The summed E-state index contributed by atoms with van der Waals surface area (Å²) >= 11 is 0. The summed E-state index contributed by atoms with van der Waals surface area (Å²) in [5.41, 5.74) is 2.93. The molecular weight excluding hydrogens is 204 g/mol. The van der Waals surface area contributed by atoms with Crippen molar-refractivity contribution in [1.29, 1.82) is 0 Å². The molecule has 1 fully saturated rings. The Morgan fingerprint density at radius 2 is 1.71 bits per heavy atom. The van der Waals surface area contributed by atoms with Crippen LogP contribution in [0.1, 0.15) is 51.5 Å². The Morgan fingerprint density at radius 3 is 2.24 bits per heavy atom. The van der Waals surface area contributed by atoms with Crippen LogP contribution in [0.5, 0.6) is 0 Å². The van der Waals surface area contributed by atoms with E-state index in [1.54, 1.807) is 0 Å². The van der Waals surface area contributed by atoms with Crippen LogP contribution in [0.15, 0.2) is 42.5 Å². The Balaban J connectivity index is 2.35. The van der Waals surface area contributed by atoms with Crippen molar-refractivity contribution in [2.45, 2.75) is 51.4 Å². The minimum atomic E-state index is 0.168. The molecule has 1 aromatic carbocycles. The van der Waals surface area contributed by atoms with E-state index in [2.05, 4.69) is 50.8 Å². The number of allylic oxidation sites excluding steroid dienone is 1. The third-order valence-electron chi connectivity index (χ3n) is 4.68. The van der Waals surface area contributed by atoms with Crippen LogP contribution in [0.3, 0.4) is 0 Å². The summed E-state index contributed by atoms with van der Waals surface area (Å²) in [6, 6.07) is 10.9. The molecule has 1 atom stereocenters. The van der Waals surface area contributed by atoms with E-state index in [4.69, 9.17) is 0 Å². The second-order valence-corrected chi connectivity index (χ2v) is 5.68. The van der Waals surface area contributed by atoms with Crippen molar-refractivity contribution >= 4 is 0 Å². The summed E-state index contributed by atoms with van der Waals surface area (Å²) in [6.07, 6.45) is 6.91. The average Bonchev–Trinajstić information content (AvgIpc) is 2.39. The highest BCUT2D eigenvalue weighted by molar-refractivity contribution is 5.34. The molecule has 17 heavy (non-hydrogen) atoms. The molecule has 1 aliphatic carbocycles. The minimum absolute atomic E-state index is 0.168. The fraction of sp³-hybridized carbons (Fsp3) is 0.529. The first-order valence-electron chi connectivity index (χ1n) is 6.87. The van der Waals surface area contributed by atoms with Crippen molar-refractivity contribution in [2.24, 2.45) is 5.92 Å². The molecule has 0 N–H and O–H groups in total. The molecule has 1 unspecified atom stereocenters. The fourth-order valence-electron chi connectivity index (χ4n) is 3.29. The van der Waals surface area contributed by atoms with Gasteiger partial charge in [0.2, 0.25) is 0 Å². The van der Waals surface area contributed by atoms with Crippen molar-refractivity contribution in [3.8, 4) is 0 Å². The second-order valence-electron chi connectivity index (χ2n) is 5.68. The lowest BCUT2D eigenvalue weighted by Gasteiger charge is -2.41. The van der Waals surface area contributed by atoms with Gasteiger partial charge in [0.1, 0.15) is 0 Å². The van der Waals surface area contributed by atoms with Crippen LogP contribution in [-0.2, 0) is 5.41 Å². The summed E-state index contributed by atoms with van der Waals surface area (Å²) in [6.45, 7) is 8.86. The van der Waals surface area contributed by atoms with E-state index in [0.29, 0.717) is 0 Å². The predicted molar refractivity (Wildman–Crippen MR) is 75.2 cm³/mol. The molecule has 92 valence electrons. The zero-order valence-corrected chi connectivity index (χ0v) is 11.2. The SMILES string of the molecule is C=C(C)C(C)(c1ccccc1)C1CCCCC1. The third kappa shape index (κ3) is 2.31. The molecule has 0 saturated heterocycles. The quantitative estimate of drug-likeness (QED) is 0.631. The maximum atomic E-state index is 4.28. The van der Waals surface area contributed by atoms with Gasteiger partial charge in [-0.2, -0.15) is 0 Å². The van der Waals surface area contributed by atoms with Gasteiger partial charge in [-0.1, -0.05) is 68.7 Å². The summed E-state index contributed by atoms with van der Waals surface area (Å²) in [5, 5.41) is 0. The number of hydrogen-bond acceptors (Lipinski definition) is 0. The molecule has 2 rings (SSSR count). The summed E-state index contributed by atoms with van der Waals surface area (Å²) in [7, 11) is 0. The van der Waals surface area contributed by atoms with E-state index in [1.165, 1.54) is 43.2 Å². The standard InChI is InChI=1S/C17H24/c1-14(2)17(3,15-10-6-4-7-11-15)16-12-8-5-9-13-16/h4,6-7,10-11,16H,1,5,8-9,12-13H2,2-3H3. The number of hydrogen-bond donors (Lipinski definition) is 0. The van der Waals surface area contributed by atoms with Crippen LogP contribution in [0, 0.1) is 5.92 Å². The molecule has 0 heterocycles. The number of benzene rings is 1. The summed E-state index contributed by atoms with van der Waals surface area (Å²) < 4.78 is 0. The van der Waals surface area contributed by atoms with Gasteiger partial charge in [-0.25, -0.2) is 0 Å². The molecule has 0 nitrogen and oxygen atoms in total. The molecular formula is C17H24. The molecule has 0 bridgehead atoms. The molecule has 1 saturated carbocycles. The van der Waals surface area contributed by atoms with Crippen LogP contribution in [-0.4, -0.2) is 0 Å². The average molecular weight is 228 g/mol. The Bertz CT molecular complexity index is 370. The molecule has 0 aliphatic heterocycles. The van der Waals surface area contributed by atoms with Crippen molar-refractivity contribution in [1.82, 2.24) is 0 Å². The van der Waals surface area contributed by atoms with Gasteiger partial charge in [-0.15, -0.1) is 0 Å². The lowest BCUT2D eigenvalue weighted by molar-refractivity contribution is 0.251. The second kappa shape index (κ2) is 5.08. The normalized spacial score (nSPS) is 20.8. The highest BCUT2D eigenvalue weighted by Crippen LogP contribution is 2.44. The lowest BCUT2D eigenvalue weighted by Crippen LogP contribution is -2.34. The molecule has 0 spiro atoms. The highest BCUT2D eigenvalue weighted by Gasteiger charge is 2.36. The van der Waals surface area contributed by atoms with Gasteiger partial charge in [0.15, 0.2) is 0 Å². The van der Waals surface area contributed by atoms with E-state index in [9.17, 15) is 0 Å². The van der Waals surface area contributed by atoms with Crippen molar-refractivity contribution in [3.05, 3.63) is 48.0 Å². The first-order chi connectivity index (χ1) is 8.15.